The first kappa shape index (κ1) is 28.0. The van der Waals surface area contributed by atoms with Crippen LogP contribution in [-0.4, -0.2) is 84.9 Å². The fraction of sp³-hybridized carbons (Fsp3) is 0.432. The smallest absolute Gasteiger partial charge is 0.319 e. The molecular formula is C37H35F5N6O2. The Hall–Kier alpha value is -4.72. The van der Waals surface area contributed by atoms with Gasteiger partial charge in [-0.15, -0.1) is 6.42 Å². The lowest BCUT2D eigenvalue weighted by molar-refractivity contribution is -0.0679. The van der Waals surface area contributed by atoms with Crippen LogP contribution in [0.15, 0.2) is 24.3 Å². The van der Waals surface area contributed by atoms with Gasteiger partial charge < -0.3 is 25.0 Å². The maximum atomic E-state index is 17.4. The highest BCUT2D eigenvalue weighted by molar-refractivity contribution is 6.04. The fourth-order valence-electron chi connectivity index (χ4n) is 7.13. The number of benzene rings is 2. The first-order chi connectivity index (χ1) is 25.9. The van der Waals surface area contributed by atoms with Gasteiger partial charge in [-0.05, 0) is 56.4 Å². The number of nitrogens with two attached hydrogens (primary N) is 1. The highest BCUT2D eigenvalue weighted by atomic mass is 19.3. The molecule has 2 aliphatic heterocycles. The minimum atomic E-state index is -3.09. The van der Waals surface area contributed by atoms with Crippen molar-refractivity contribution >= 4 is 33.2 Å². The predicted octanol–water partition coefficient (Wildman–Crippen LogP) is 5.83. The standard InChI is InChI=1S/C37H35F5N6O2/c1-5-7-26-28-32(30(40)31(44-26)22-15-20(43)14-19-8-9-25(38)21(6-2)27(19)22)45-36(46-35(28)48-12-13-49-16-23-29(39)33(23)48)50-18-37(3)17-47(4)11-10-24(37)34(41)42/h2,8-9,14-15,23-24,29,33-34H,10-13,16-18,43H2,1,3-4H3/t23-,24+,29-,33-,37-/m0/s1/i4D3,18D2. The molecule has 2 aromatic carbocycles. The number of nitrogen functional groups attached to an aromatic ring is 1. The van der Waals surface area contributed by atoms with Gasteiger partial charge in [0.1, 0.15) is 34.7 Å². The number of alkyl halides is 3. The Labute approximate surface area is 293 Å². The molecule has 7 rings (SSSR count). The van der Waals surface area contributed by atoms with Crippen molar-refractivity contribution in [2.45, 2.75) is 38.9 Å². The van der Waals surface area contributed by atoms with Crippen LogP contribution in [0.1, 0.15) is 38.4 Å². The molecule has 50 heavy (non-hydrogen) atoms. The summed E-state index contributed by atoms with van der Waals surface area (Å²) >= 11 is 0. The van der Waals surface area contributed by atoms with E-state index in [0.29, 0.717) is 5.39 Å². The molecule has 1 saturated carbocycles. The number of piperidine rings is 1. The Morgan fingerprint density at radius 3 is 2.78 bits per heavy atom. The molecule has 4 heterocycles. The van der Waals surface area contributed by atoms with E-state index in [1.807, 2.05) is 0 Å². The quantitative estimate of drug-likeness (QED) is 0.153. The molecule has 260 valence electrons. The number of aromatic nitrogens is 3. The number of likely N-dealkylation sites (tertiary alicyclic amines) is 1. The fourth-order valence-corrected chi connectivity index (χ4v) is 7.13. The molecule has 0 bridgehead atoms. The molecule has 0 radical (unpaired) electrons. The predicted molar refractivity (Wildman–Crippen MR) is 181 cm³/mol. The summed E-state index contributed by atoms with van der Waals surface area (Å²) < 4.78 is 130. The number of ether oxygens (including phenoxy) is 2. The van der Waals surface area contributed by atoms with Crippen LogP contribution < -0.4 is 15.4 Å². The van der Waals surface area contributed by atoms with Gasteiger partial charge in [0.15, 0.2) is 5.82 Å². The monoisotopic (exact) mass is 695 g/mol. The highest BCUT2D eigenvalue weighted by Crippen LogP contribution is 2.46. The van der Waals surface area contributed by atoms with E-state index >= 15 is 13.2 Å². The molecule has 3 fully saturated rings. The average Bonchev–Trinajstić information content (AvgIpc) is 3.81. The van der Waals surface area contributed by atoms with Crippen molar-refractivity contribution in [1.29, 1.82) is 0 Å². The van der Waals surface area contributed by atoms with Crippen LogP contribution in [-0.2, 0) is 4.74 Å². The molecule has 1 aliphatic carbocycles. The number of rotatable bonds is 6. The van der Waals surface area contributed by atoms with Crippen molar-refractivity contribution in [3.63, 3.8) is 0 Å². The molecule has 0 spiro atoms. The zero-order valence-electron chi connectivity index (χ0n) is 32.0. The van der Waals surface area contributed by atoms with Crippen LogP contribution in [0.4, 0.5) is 33.5 Å². The minimum absolute atomic E-state index is 0.0209. The first-order valence-corrected chi connectivity index (χ1v) is 15.9. The van der Waals surface area contributed by atoms with Gasteiger partial charge in [0.05, 0.1) is 39.5 Å². The van der Waals surface area contributed by atoms with E-state index in [1.165, 1.54) is 30.0 Å². The van der Waals surface area contributed by atoms with Crippen LogP contribution in [0.5, 0.6) is 6.01 Å². The Kier molecular flexibility index (Phi) is 7.21. The third-order valence-electron chi connectivity index (χ3n) is 9.66. The molecule has 2 saturated heterocycles. The number of pyridine rings is 1. The number of anilines is 2. The zero-order chi connectivity index (χ0) is 39.8. The van der Waals surface area contributed by atoms with E-state index in [2.05, 4.69) is 32.7 Å². The molecule has 2 aromatic heterocycles. The molecular weight excluding hydrogens is 655 g/mol. The van der Waals surface area contributed by atoms with Gasteiger partial charge in [-0.1, -0.05) is 24.8 Å². The van der Waals surface area contributed by atoms with Crippen molar-refractivity contribution in [3.8, 4) is 41.5 Å². The topological polar surface area (TPSA) is 89.6 Å². The molecule has 8 nitrogen and oxygen atoms in total. The number of terminal acetylenes is 1. The van der Waals surface area contributed by atoms with Crippen LogP contribution in [0, 0.1) is 53.1 Å². The van der Waals surface area contributed by atoms with Crippen LogP contribution in [0.3, 0.4) is 0 Å². The average molecular weight is 696 g/mol. The number of nitrogens with zero attached hydrogens (tertiary/aromatic N) is 5. The summed E-state index contributed by atoms with van der Waals surface area (Å²) in [5.41, 5.74) is 2.96. The van der Waals surface area contributed by atoms with E-state index in [4.69, 9.17) is 28.5 Å². The summed E-state index contributed by atoms with van der Waals surface area (Å²) in [6.45, 7) is -3.81. The van der Waals surface area contributed by atoms with Crippen LogP contribution >= 0.6 is 0 Å². The Balaban J connectivity index is 1.49. The second kappa shape index (κ2) is 12.9. The molecule has 3 aliphatic rings. The number of hydrogen-bond acceptors (Lipinski definition) is 8. The SMILES string of the molecule is [2H]C([2H])([2H])N1CC[C@H](C(F)F)[C@](C)(C([2H])([2H])Oc2nc(N3CCOC[C@H]4[C@H](F)[C@H]43)c3c(C#CC)nc(-c4cc(N)cc5ccc(F)c(C#C)c45)c(F)c3n2)C1. The van der Waals surface area contributed by atoms with Crippen molar-refractivity contribution in [1.82, 2.24) is 19.9 Å². The Morgan fingerprint density at radius 1 is 1.22 bits per heavy atom. The van der Waals surface area contributed by atoms with Gasteiger partial charge in [-0.3, -0.25) is 0 Å². The lowest BCUT2D eigenvalue weighted by atomic mass is 9.73. The van der Waals surface area contributed by atoms with E-state index in [9.17, 15) is 8.78 Å². The summed E-state index contributed by atoms with van der Waals surface area (Å²) in [6, 6.07) is 3.82. The lowest BCUT2D eigenvalue weighted by Crippen LogP contribution is -2.51. The second-order valence-corrected chi connectivity index (χ2v) is 12.9. The van der Waals surface area contributed by atoms with Gasteiger partial charge in [0, 0.05) is 51.1 Å². The van der Waals surface area contributed by atoms with E-state index in [-0.39, 0.29) is 71.8 Å². The van der Waals surface area contributed by atoms with E-state index in [0.717, 1.165) is 17.9 Å². The molecule has 4 aromatic rings. The summed E-state index contributed by atoms with van der Waals surface area (Å²) in [5, 5.41) is 0.378. The molecule has 13 heteroatoms. The van der Waals surface area contributed by atoms with Crippen molar-refractivity contribution in [3.05, 3.63) is 47.2 Å². The summed E-state index contributed by atoms with van der Waals surface area (Å²) in [4.78, 5) is 15.7. The maximum Gasteiger partial charge on any atom is 0.319 e. The summed E-state index contributed by atoms with van der Waals surface area (Å²) in [5.74, 6) is 3.58. The zero-order valence-corrected chi connectivity index (χ0v) is 27.0. The molecule has 2 N–H and O–H groups in total. The number of hydrogen-bond donors (Lipinski definition) is 1. The third-order valence-corrected chi connectivity index (χ3v) is 9.66. The van der Waals surface area contributed by atoms with Crippen LogP contribution in [0.2, 0.25) is 0 Å². The highest BCUT2D eigenvalue weighted by Gasteiger charge is 2.56. The van der Waals surface area contributed by atoms with E-state index in [1.54, 1.807) is 0 Å². The molecule has 5 atom stereocenters. The van der Waals surface area contributed by atoms with E-state index < -0.39 is 84.8 Å². The Morgan fingerprint density at radius 2 is 2.04 bits per heavy atom. The lowest BCUT2D eigenvalue weighted by Gasteiger charge is -2.44. The van der Waals surface area contributed by atoms with Crippen molar-refractivity contribution < 1.29 is 38.3 Å². The maximum absolute atomic E-state index is 17.4. The van der Waals surface area contributed by atoms with Gasteiger partial charge in [-0.2, -0.15) is 9.97 Å². The number of fused-ring (bicyclic) bond motifs is 3. The van der Waals surface area contributed by atoms with Crippen LogP contribution in [0.25, 0.3) is 32.9 Å². The normalized spacial score (nSPS) is 27.2. The van der Waals surface area contributed by atoms with Gasteiger partial charge in [0.2, 0.25) is 6.43 Å². The van der Waals surface area contributed by atoms with Gasteiger partial charge in [0.25, 0.3) is 0 Å². The largest absolute Gasteiger partial charge is 0.463 e. The summed E-state index contributed by atoms with van der Waals surface area (Å²) in [6.07, 6.45) is 0.906. The molecule has 0 unspecified atom stereocenters. The first-order valence-electron chi connectivity index (χ1n) is 18.4. The number of halogens is 5. The molecule has 0 amide bonds. The van der Waals surface area contributed by atoms with Crippen molar-refractivity contribution in [2.75, 3.05) is 57.0 Å². The third kappa shape index (κ3) is 5.72. The second-order valence-electron chi connectivity index (χ2n) is 12.9. The minimum Gasteiger partial charge on any atom is -0.463 e. The van der Waals surface area contributed by atoms with Gasteiger partial charge >= 0.3 is 6.01 Å². The Bertz CT molecular complexity index is 2310. The van der Waals surface area contributed by atoms with Crippen molar-refractivity contribution in [2.24, 2.45) is 17.3 Å². The summed E-state index contributed by atoms with van der Waals surface area (Å²) in [7, 11) is 0. The van der Waals surface area contributed by atoms with Gasteiger partial charge in [-0.25, -0.2) is 26.9 Å².